The third-order valence-electron chi connectivity index (χ3n) is 2.94. The van der Waals surface area contributed by atoms with Crippen LogP contribution in [0, 0.1) is 0 Å². The summed E-state index contributed by atoms with van der Waals surface area (Å²) in [5, 5.41) is 5.58. The fourth-order valence-electron chi connectivity index (χ4n) is 1.59. The van der Waals surface area contributed by atoms with E-state index in [1.54, 1.807) is 12.1 Å². The number of alkyl halides is 2. The molecular formula is C14H20F2N2O2. The van der Waals surface area contributed by atoms with E-state index in [4.69, 9.17) is 0 Å². The van der Waals surface area contributed by atoms with Gasteiger partial charge in [0.1, 0.15) is 5.75 Å². The van der Waals surface area contributed by atoms with Crippen molar-refractivity contribution < 1.29 is 18.3 Å². The van der Waals surface area contributed by atoms with E-state index < -0.39 is 6.61 Å². The summed E-state index contributed by atoms with van der Waals surface area (Å²) in [4.78, 5) is 11.7. The Kier molecular flexibility index (Phi) is 6.21. The number of rotatable bonds is 6. The number of nitrogens with one attached hydrogen (secondary N) is 2. The first-order chi connectivity index (χ1) is 9.42. The molecule has 1 aromatic rings. The normalized spacial score (nSPS) is 13.7. The highest BCUT2D eigenvalue weighted by atomic mass is 19.3. The van der Waals surface area contributed by atoms with Crippen LogP contribution in [0.25, 0.3) is 0 Å². The molecule has 2 amide bonds. The minimum Gasteiger partial charge on any atom is -0.435 e. The molecule has 2 atom stereocenters. The first kappa shape index (κ1) is 16.2. The van der Waals surface area contributed by atoms with E-state index >= 15 is 0 Å². The Hall–Kier alpha value is -1.85. The van der Waals surface area contributed by atoms with E-state index in [2.05, 4.69) is 15.4 Å². The van der Waals surface area contributed by atoms with Crippen molar-refractivity contribution in [3.8, 4) is 5.75 Å². The van der Waals surface area contributed by atoms with Crippen molar-refractivity contribution in [3.63, 3.8) is 0 Å². The molecule has 20 heavy (non-hydrogen) atoms. The van der Waals surface area contributed by atoms with Crippen LogP contribution < -0.4 is 15.4 Å². The van der Waals surface area contributed by atoms with Crippen LogP contribution in [-0.2, 0) is 0 Å². The Morgan fingerprint density at radius 1 is 1.20 bits per heavy atom. The molecule has 4 nitrogen and oxygen atoms in total. The fraction of sp³-hybridized carbons (Fsp3) is 0.500. The van der Waals surface area contributed by atoms with Crippen LogP contribution in [0.3, 0.4) is 0 Å². The minimum absolute atomic E-state index is 0.0972. The summed E-state index contributed by atoms with van der Waals surface area (Å²) in [6.45, 7) is 2.88. The number of urea groups is 1. The molecule has 0 aliphatic carbocycles. The number of ether oxygens (including phenoxy) is 1. The molecule has 0 spiro atoms. The number of hydrogen-bond donors (Lipinski definition) is 2. The molecule has 2 unspecified atom stereocenters. The van der Waals surface area contributed by atoms with Crippen LogP contribution in [0.4, 0.5) is 13.6 Å². The number of carbonyl (C=O) groups excluding carboxylic acids is 1. The maximum Gasteiger partial charge on any atom is 0.387 e. The molecule has 0 heterocycles. The molecule has 1 rings (SSSR count). The first-order valence-corrected chi connectivity index (χ1v) is 6.54. The van der Waals surface area contributed by atoms with Gasteiger partial charge in [0.2, 0.25) is 0 Å². The summed E-state index contributed by atoms with van der Waals surface area (Å²) < 4.78 is 28.3. The average molecular weight is 286 g/mol. The van der Waals surface area contributed by atoms with Gasteiger partial charge in [-0.15, -0.1) is 0 Å². The van der Waals surface area contributed by atoms with E-state index in [1.807, 2.05) is 20.8 Å². The van der Waals surface area contributed by atoms with Gasteiger partial charge in [-0.3, -0.25) is 0 Å². The SMILES string of the molecule is CCC(C)NC(=O)NC(C)c1ccc(OC(F)F)cc1. The van der Waals surface area contributed by atoms with Gasteiger partial charge in [-0.1, -0.05) is 19.1 Å². The van der Waals surface area contributed by atoms with E-state index in [0.717, 1.165) is 12.0 Å². The van der Waals surface area contributed by atoms with Gasteiger partial charge in [0.25, 0.3) is 0 Å². The molecule has 0 saturated carbocycles. The van der Waals surface area contributed by atoms with Crippen LogP contribution in [0.15, 0.2) is 24.3 Å². The van der Waals surface area contributed by atoms with Crippen LogP contribution in [0.5, 0.6) is 5.75 Å². The number of amides is 2. The fourth-order valence-corrected chi connectivity index (χ4v) is 1.59. The molecule has 0 aliphatic heterocycles. The van der Waals surface area contributed by atoms with Crippen molar-refractivity contribution in [2.24, 2.45) is 0 Å². The standard InChI is InChI=1S/C14H20F2N2O2/c1-4-9(2)17-14(19)18-10(3)11-5-7-12(8-6-11)20-13(15)16/h5-10,13H,4H2,1-3H3,(H2,17,18,19). The van der Waals surface area contributed by atoms with Gasteiger partial charge in [0.15, 0.2) is 0 Å². The first-order valence-electron chi connectivity index (χ1n) is 6.54. The average Bonchev–Trinajstić information content (AvgIpc) is 2.38. The van der Waals surface area contributed by atoms with Gasteiger partial charge in [0.05, 0.1) is 6.04 Å². The molecule has 6 heteroatoms. The van der Waals surface area contributed by atoms with Crippen molar-refractivity contribution in [1.82, 2.24) is 10.6 Å². The van der Waals surface area contributed by atoms with Crippen LogP contribution in [0.1, 0.15) is 38.8 Å². The second-order valence-electron chi connectivity index (χ2n) is 4.60. The lowest BCUT2D eigenvalue weighted by Crippen LogP contribution is -2.41. The number of hydrogen-bond acceptors (Lipinski definition) is 2. The summed E-state index contributed by atoms with van der Waals surface area (Å²) in [6, 6.07) is 5.82. The predicted octanol–water partition coefficient (Wildman–Crippen LogP) is 3.45. The maximum absolute atomic E-state index is 12.0. The summed E-state index contributed by atoms with van der Waals surface area (Å²) in [5.74, 6) is 0.0972. The van der Waals surface area contributed by atoms with Gasteiger partial charge in [-0.05, 0) is 38.0 Å². The summed E-state index contributed by atoms with van der Waals surface area (Å²) >= 11 is 0. The molecule has 112 valence electrons. The van der Waals surface area contributed by atoms with Gasteiger partial charge in [-0.2, -0.15) is 8.78 Å². The van der Waals surface area contributed by atoms with Crippen molar-refractivity contribution >= 4 is 6.03 Å². The van der Waals surface area contributed by atoms with Crippen molar-refractivity contribution in [1.29, 1.82) is 0 Å². The van der Waals surface area contributed by atoms with Crippen molar-refractivity contribution in [2.75, 3.05) is 0 Å². The molecule has 1 aromatic carbocycles. The molecular weight excluding hydrogens is 266 g/mol. The zero-order valence-electron chi connectivity index (χ0n) is 11.8. The highest BCUT2D eigenvalue weighted by Gasteiger charge is 2.11. The lowest BCUT2D eigenvalue weighted by atomic mass is 10.1. The quantitative estimate of drug-likeness (QED) is 0.841. The van der Waals surface area contributed by atoms with Crippen molar-refractivity contribution in [3.05, 3.63) is 29.8 Å². The van der Waals surface area contributed by atoms with Crippen molar-refractivity contribution in [2.45, 2.75) is 45.9 Å². The Balaban J connectivity index is 2.54. The summed E-state index contributed by atoms with van der Waals surface area (Å²) in [7, 11) is 0. The zero-order chi connectivity index (χ0) is 15.1. The number of carbonyl (C=O) groups is 1. The third-order valence-corrected chi connectivity index (χ3v) is 2.94. The van der Waals surface area contributed by atoms with E-state index in [0.29, 0.717) is 0 Å². The summed E-state index contributed by atoms with van der Waals surface area (Å²) in [5.41, 5.74) is 0.811. The highest BCUT2D eigenvalue weighted by molar-refractivity contribution is 5.74. The molecule has 0 fully saturated rings. The predicted molar refractivity (Wildman–Crippen MR) is 72.9 cm³/mol. The molecule has 0 aliphatic rings. The zero-order valence-corrected chi connectivity index (χ0v) is 11.8. The molecule has 0 bridgehead atoms. The summed E-state index contributed by atoms with van der Waals surface area (Å²) in [6.07, 6.45) is 0.849. The monoisotopic (exact) mass is 286 g/mol. The Bertz CT molecular complexity index is 424. The molecule has 0 aromatic heterocycles. The van der Waals surface area contributed by atoms with Gasteiger partial charge in [0, 0.05) is 6.04 Å². The number of benzene rings is 1. The van der Waals surface area contributed by atoms with Gasteiger partial charge < -0.3 is 15.4 Å². The van der Waals surface area contributed by atoms with E-state index in [9.17, 15) is 13.6 Å². The minimum atomic E-state index is -2.84. The largest absolute Gasteiger partial charge is 0.435 e. The lowest BCUT2D eigenvalue weighted by molar-refractivity contribution is -0.0498. The highest BCUT2D eigenvalue weighted by Crippen LogP contribution is 2.19. The van der Waals surface area contributed by atoms with Gasteiger partial charge >= 0.3 is 12.6 Å². The lowest BCUT2D eigenvalue weighted by Gasteiger charge is -2.18. The second kappa shape index (κ2) is 7.67. The third kappa shape index (κ3) is 5.42. The Morgan fingerprint density at radius 2 is 1.80 bits per heavy atom. The van der Waals surface area contributed by atoms with E-state index in [-0.39, 0.29) is 23.9 Å². The van der Waals surface area contributed by atoms with Crippen LogP contribution in [-0.4, -0.2) is 18.7 Å². The Labute approximate surface area is 117 Å². The van der Waals surface area contributed by atoms with Crippen LogP contribution >= 0.6 is 0 Å². The molecule has 0 radical (unpaired) electrons. The molecule has 2 N–H and O–H groups in total. The Morgan fingerprint density at radius 3 is 2.30 bits per heavy atom. The van der Waals surface area contributed by atoms with Gasteiger partial charge in [-0.25, -0.2) is 4.79 Å². The molecule has 0 saturated heterocycles. The van der Waals surface area contributed by atoms with Crippen LogP contribution in [0.2, 0.25) is 0 Å². The number of halogens is 2. The second-order valence-corrected chi connectivity index (χ2v) is 4.60. The maximum atomic E-state index is 12.0. The topological polar surface area (TPSA) is 50.4 Å². The smallest absolute Gasteiger partial charge is 0.387 e. The van der Waals surface area contributed by atoms with E-state index in [1.165, 1.54) is 12.1 Å².